The molecule has 0 saturated heterocycles. The number of rotatable bonds is 5. The van der Waals surface area contributed by atoms with Gasteiger partial charge in [-0.2, -0.15) is 17.5 Å². The summed E-state index contributed by atoms with van der Waals surface area (Å²) in [4.78, 5) is 11.2. The molecule has 1 aromatic rings. The molecule has 0 aliphatic carbocycles. The van der Waals surface area contributed by atoms with Crippen LogP contribution in [0.4, 0.5) is 13.2 Å². The summed E-state index contributed by atoms with van der Waals surface area (Å²) in [5, 5.41) is 3.15. The van der Waals surface area contributed by atoms with Gasteiger partial charge in [0.05, 0.1) is 6.54 Å². The molecular weight excluding hydrogens is 305 g/mol. The van der Waals surface area contributed by atoms with Crippen molar-refractivity contribution in [2.45, 2.75) is 10.4 Å². The number of carbonyl (C=O) groups excluding carboxylic acids is 1. The van der Waals surface area contributed by atoms with Crippen LogP contribution < -0.4 is 5.32 Å². The van der Waals surface area contributed by atoms with E-state index in [1.165, 1.54) is 12.1 Å². The maximum absolute atomic E-state index is 11.9. The molecule has 10 heteroatoms. The third kappa shape index (κ3) is 4.80. The minimum Gasteiger partial charge on any atom is -0.346 e. The van der Waals surface area contributed by atoms with Gasteiger partial charge in [-0.15, -0.1) is 11.3 Å². The van der Waals surface area contributed by atoms with Crippen LogP contribution in [0.1, 0.15) is 0 Å². The van der Waals surface area contributed by atoms with Crippen LogP contribution in [0.25, 0.3) is 0 Å². The highest BCUT2D eigenvalue weighted by Crippen LogP contribution is 2.19. The minimum absolute atomic E-state index is 0.0265. The van der Waals surface area contributed by atoms with Gasteiger partial charge in [0.2, 0.25) is 5.91 Å². The first-order chi connectivity index (χ1) is 8.63. The molecule has 0 aromatic carbocycles. The molecule has 1 aromatic heterocycles. The van der Waals surface area contributed by atoms with E-state index in [1.807, 2.05) is 0 Å². The van der Waals surface area contributed by atoms with Gasteiger partial charge in [-0.05, 0) is 11.4 Å². The van der Waals surface area contributed by atoms with Crippen molar-refractivity contribution in [2.75, 3.05) is 20.1 Å². The molecule has 0 atom stereocenters. The quantitative estimate of drug-likeness (QED) is 0.883. The van der Waals surface area contributed by atoms with E-state index in [4.69, 9.17) is 0 Å². The van der Waals surface area contributed by atoms with Crippen LogP contribution in [0.3, 0.4) is 0 Å². The van der Waals surface area contributed by atoms with Gasteiger partial charge in [0.1, 0.15) is 10.8 Å². The van der Waals surface area contributed by atoms with Crippen molar-refractivity contribution < 1.29 is 26.4 Å². The van der Waals surface area contributed by atoms with E-state index in [2.05, 4.69) is 0 Å². The van der Waals surface area contributed by atoms with Gasteiger partial charge < -0.3 is 5.32 Å². The number of thiophene rings is 1. The van der Waals surface area contributed by atoms with Crippen LogP contribution >= 0.6 is 11.3 Å². The fraction of sp³-hybridized carbons (Fsp3) is 0.444. The average Bonchev–Trinajstić information content (AvgIpc) is 2.79. The molecule has 1 N–H and O–H groups in total. The smallest absolute Gasteiger partial charge is 0.346 e. The molecule has 1 heterocycles. The van der Waals surface area contributed by atoms with E-state index in [0.29, 0.717) is 4.31 Å². The molecule has 0 unspecified atom stereocenters. The molecule has 0 radical (unpaired) electrons. The molecule has 1 rings (SSSR count). The number of amides is 1. The van der Waals surface area contributed by atoms with Crippen LogP contribution in [0.2, 0.25) is 0 Å². The zero-order valence-corrected chi connectivity index (χ0v) is 11.4. The standard InChI is InChI=1S/C9H11F3N2O3S2/c1-14(5-7(15)13-6-9(10,11)12)19(16,17)8-3-2-4-18-8/h2-4H,5-6H2,1H3,(H,13,15). The van der Waals surface area contributed by atoms with E-state index >= 15 is 0 Å². The van der Waals surface area contributed by atoms with Crippen molar-refractivity contribution in [2.24, 2.45) is 0 Å². The second-order valence-electron chi connectivity index (χ2n) is 3.59. The zero-order chi connectivity index (χ0) is 14.7. The number of carbonyl (C=O) groups is 1. The van der Waals surface area contributed by atoms with Crippen molar-refractivity contribution >= 4 is 27.3 Å². The molecule has 0 aliphatic rings. The first-order valence-electron chi connectivity index (χ1n) is 4.96. The van der Waals surface area contributed by atoms with Gasteiger partial charge in [0, 0.05) is 7.05 Å². The van der Waals surface area contributed by atoms with Crippen molar-refractivity contribution in [1.29, 1.82) is 0 Å². The second-order valence-corrected chi connectivity index (χ2v) is 6.80. The van der Waals surface area contributed by atoms with Crippen LogP contribution in [-0.4, -0.2) is 44.9 Å². The Morgan fingerprint density at radius 2 is 2.11 bits per heavy atom. The van der Waals surface area contributed by atoms with Crippen LogP contribution in [-0.2, 0) is 14.8 Å². The molecule has 1 amide bonds. The summed E-state index contributed by atoms with van der Waals surface area (Å²) in [7, 11) is -2.71. The Balaban J connectivity index is 2.60. The van der Waals surface area contributed by atoms with Gasteiger partial charge >= 0.3 is 6.18 Å². The summed E-state index contributed by atoms with van der Waals surface area (Å²) in [6.07, 6.45) is -4.53. The Morgan fingerprint density at radius 3 is 2.58 bits per heavy atom. The van der Waals surface area contributed by atoms with Crippen molar-refractivity contribution in [1.82, 2.24) is 9.62 Å². The topological polar surface area (TPSA) is 66.5 Å². The predicted octanol–water partition coefficient (Wildman–Crippen LogP) is 1.05. The third-order valence-corrected chi connectivity index (χ3v) is 5.19. The Bertz CT molecular complexity index is 525. The molecule has 19 heavy (non-hydrogen) atoms. The highest BCUT2D eigenvalue weighted by Gasteiger charge is 2.29. The van der Waals surface area contributed by atoms with Gasteiger partial charge in [-0.25, -0.2) is 8.42 Å². The molecule has 0 aliphatic heterocycles. The lowest BCUT2D eigenvalue weighted by Crippen LogP contribution is -2.41. The summed E-state index contributed by atoms with van der Waals surface area (Å²) in [6.45, 7) is -2.16. The number of sulfonamides is 1. The lowest BCUT2D eigenvalue weighted by Gasteiger charge is -2.16. The molecule has 0 spiro atoms. The van der Waals surface area contributed by atoms with E-state index < -0.39 is 35.2 Å². The van der Waals surface area contributed by atoms with Gasteiger partial charge in [0.15, 0.2) is 0 Å². The normalized spacial score (nSPS) is 12.7. The first kappa shape index (κ1) is 15.9. The van der Waals surface area contributed by atoms with Crippen molar-refractivity contribution in [3.63, 3.8) is 0 Å². The first-order valence-corrected chi connectivity index (χ1v) is 7.28. The largest absolute Gasteiger partial charge is 0.405 e. The van der Waals surface area contributed by atoms with Gasteiger partial charge in [0.25, 0.3) is 10.0 Å². The number of hydrogen-bond acceptors (Lipinski definition) is 4. The van der Waals surface area contributed by atoms with Gasteiger partial charge in [-0.3, -0.25) is 4.79 Å². The number of likely N-dealkylation sites (N-methyl/N-ethyl adjacent to an activating group) is 1. The number of halogens is 3. The lowest BCUT2D eigenvalue weighted by molar-refractivity contribution is -0.138. The lowest BCUT2D eigenvalue weighted by atomic mass is 10.5. The predicted molar refractivity (Wildman–Crippen MR) is 63.2 cm³/mol. The van der Waals surface area contributed by atoms with Crippen molar-refractivity contribution in [3.8, 4) is 0 Å². The van der Waals surface area contributed by atoms with E-state index in [-0.39, 0.29) is 4.21 Å². The van der Waals surface area contributed by atoms with Crippen LogP contribution in [0, 0.1) is 0 Å². The van der Waals surface area contributed by atoms with Crippen molar-refractivity contribution in [3.05, 3.63) is 17.5 Å². The summed E-state index contributed by atoms with van der Waals surface area (Å²) < 4.78 is 60.1. The average molecular weight is 316 g/mol. The van der Waals surface area contributed by atoms with E-state index in [0.717, 1.165) is 18.4 Å². The third-order valence-electron chi connectivity index (χ3n) is 2.01. The monoisotopic (exact) mass is 316 g/mol. The number of nitrogens with zero attached hydrogens (tertiary/aromatic N) is 1. The van der Waals surface area contributed by atoms with Gasteiger partial charge in [-0.1, -0.05) is 6.07 Å². The molecular formula is C9H11F3N2O3S2. The zero-order valence-electron chi connectivity index (χ0n) is 9.77. The Morgan fingerprint density at radius 1 is 1.47 bits per heavy atom. The fourth-order valence-corrected chi connectivity index (χ4v) is 3.43. The summed E-state index contributed by atoms with van der Waals surface area (Å²) in [5.74, 6) is -1.01. The number of hydrogen-bond donors (Lipinski definition) is 1. The molecule has 0 bridgehead atoms. The summed E-state index contributed by atoms with van der Waals surface area (Å²) >= 11 is 0.962. The highest BCUT2D eigenvalue weighted by atomic mass is 32.2. The number of nitrogens with one attached hydrogen (secondary N) is 1. The Kier molecular flexibility index (Phi) is 4.93. The maximum Gasteiger partial charge on any atom is 0.405 e. The molecule has 108 valence electrons. The highest BCUT2D eigenvalue weighted by molar-refractivity contribution is 7.91. The van der Waals surface area contributed by atoms with E-state index in [1.54, 1.807) is 10.7 Å². The van der Waals surface area contributed by atoms with E-state index in [9.17, 15) is 26.4 Å². The van der Waals surface area contributed by atoms with Crippen LogP contribution in [0.15, 0.2) is 21.7 Å². The molecule has 0 fully saturated rings. The summed E-state index contributed by atoms with van der Waals surface area (Å²) in [5.41, 5.74) is 0. The SMILES string of the molecule is CN(CC(=O)NCC(F)(F)F)S(=O)(=O)c1cccs1. The number of alkyl halides is 3. The fourth-order valence-electron chi connectivity index (χ4n) is 1.11. The Hall–Kier alpha value is -1.13. The maximum atomic E-state index is 11.9. The van der Waals surface area contributed by atoms with Crippen LogP contribution in [0.5, 0.6) is 0 Å². The Labute approximate surface area is 112 Å². The minimum atomic E-state index is -4.53. The molecule has 0 saturated carbocycles. The summed E-state index contributed by atoms with van der Waals surface area (Å²) in [6, 6.07) is 2.87. The second kappa shape index (κ2) is 5.88. The molecule has 5 nitrogen and oxygen atoms in total.